The first kappa shape index (κ1) is 43.9. The minimum Gasteiger partial charge on any atom is -0.456 e. The second kappa shape index (κ2) is 15.4. The van der Waals surface area contributed by atoms with Crippen LogP contribution in [0.5, 0.6) is 0 Å². The molecule has 5 N–H and O–H groups in total. The number of esters is 3. The van der Waals surface area contributed by atoms with E-state index < -0.39 is 112 Å². The van der Waals surface area contributed by atoms with E-state index in [9.17, 15) is 44.4 Å². The SMILES string of the molecule is CC(=O)OC12CO[C@@H]1C[C@H](O)[C@@]1(C)C(=O)[C@H](O)C3=C(C)[C@@H](OC(=O)C(O)[C@@H](NC(=O)OC(C)(C)C)c4ccc(C)cc4)C[C@@](O)([C@@H](OC(=O)c4ccccc4)[C@H]21)C3(C)C. The van der Waals surface area contributed by atoms with E-state index in [2.05, 4.69) is 5.32 Å². The number of hydrogen-bond acceptors (Lipinski definition) is 14. The van der Waals surface area contributed by atoms with Crippen LogP contribution in [-0.2, 0) is 38.1 Å². The molecule has 3 aliphatic carbocycles. The standard InChI is InChI=1S/C44H55NO14/c1-22-15-17-25(18-16-22)31(45-39(53)59-40(4,5)6)33(49)38(52)56-27-20-44(54)36(57-37(51)26-13-11-10-12-14-26)34-42(9,35(50)32(48)30(23(27)2)41(44,7)8)28(47)19-29-43(34,21-55-29)58-24(3)46/h10-18,27-29,31-34,36,47-49,54H,19-21H2,1-9H3,(H,45,53)/t27-,28-,29+,31-,32+,33?,34-,36-,42+,43?,44+/m0/s1. The zero-order valence-corrected chi connectivity index (χ0v) is 34.8. The van der Waals surface area contributed by atoms with Crippen LogP contribution in [0.15, 0.2) is 65.7 Å². The van der Waals surface area contributed by atoms with Crippen LogP contribution in [-0.4, -0.2) is 110 Å². The Morgan fingerprint density at radius 2 is 1.58 bits per heavy atom. The molecule has 59 heavy (non-hydrogen) atoms. The third kappa shape index (κ3) is 7.45. The third-order valence-corrected chi connectivity index (χ3v) is 12.8. The van der Waals surface area contributed by atoms with Crippen molar-refractivity contribution in [1.82, 2.24) is 5.32 Å². The van der Waals surface area contributed by atoms with Crippen LogP contribution in [0.25, 0.3) is 0 Å². The van der Waals surface area contributed by atoms with Crippen molar-refractivity contribution in [3.63, 3.8) is 0 Å². The summed E-state index contributed by atoms with van der Waals surface area (Å²) >= 11 is 0. The molecule has 1 saturated heterocycles. The van der Waals surface area contributed by atoms with Crippen molar-refractivity contribution < 1.29 is 68.1 Å². The molecule has 2 bridgehead atoms. The molecule has 0 radical (unpaired) electrons. The highest BCUT2D eigenvalue weighted by atomic mass is 16.6. The molecule has 2 aromatic carbocycles. The maximum atomic E-state index is 15.0. The van der Waals surface area contributed by atoms with E-state index in [1.807, 2.05) is 6.92 Å². The number of hydrogen-bond donors (Lipinski definition) is 5. The summed E-state index contributed by atoms with van der Waals surface area (Å²) in [4.78, 5) is 69.1. The summed E-state index contributed by atoms with van der Waals surface area (Å²) in [6.45, 7) is 13.6. The summed E-state index contributed by atoms with van der Waals surface area (Å²) in [6, 6.07) is 13.2. The molecule has 0 spiro atoms. The average molecular weight is 822 g/mol. The molecule has 15 heteroatoms. The summed E-state index contributed by atoms with van der Waals surface area (Å²) in [7, 11) is 0. The molecule has 11 atom stereocenters. The highest BCUT2D eigenvalue weighted by Gasteiger charge is 2.78. The van der Waals surface area contributed by atoms with Crippen LogP contribution in [0.2, 0.25) is 0 Å². The topological polar surface area (TPSA) is 224 Å². The summed E-state index contributed by atoms with van der Waals surface area (Å²) in [6.07, 6.45) is -11.5. The number of benzene rings is 2. The van der Waals surface area contributed by atoms with Gasteiger partial charge in [-0.2, -0.15) is 0 Å². The normalized spacial score (nSPS) is 33.3. The molecule has 6 rings (SSSR count). The number of alkyl carbamates (subject to hydrolysis) is 1. The van der Waals surface area contributed by atoms with Gasteiger partial charge in [0.05, 0.1) is 35.6 Å². The summed E-state index contributed by atoms with van der Waals surface area (Å²) in [5.41, 5.74) is -7.27. The Labute approximate surface area is 343 Å². The van der Waals surface area contributed by atoms with E-state index in [4.69, 9.17) is 23.7 Å². The van der Waals surface area contributed by atoms with Crippen molar-refractivity contribution in [3.8, 4) is 0 Å². The van der Waals surface area contributed by atoms with Crippen LogP contribution in [0.3, 0.4) is 0 Å². The van der Waals surface area contributed by atoms with Gasteiger partial charge in [0, 0.05) is 25.2 Å². The van der Waals surface area contributed by atoms with E-state index in [1.54, 1.807) is 77.1 Å². The highest BCUT2D eigenvalue weighted by molar-refractivity contribution is 5.94. The Hall–Kier alpha value is -4.67. The first-order valence-corrected chi connectivity index (χ1v) is 19.7. The number of Topliss-reactive ketones (excluding diaryl/α,β-unsaturated/α-hetero) is 1. The molecular weight excluding hydrogens is 766 g/mol. The van der Waals surface area contributed by atoms with Gasteiger partial charge in [-0.3, -0.25) is 9.59 Å². The molecular formula is C44H55NO14. The maximum absolute atomic E-state index is 15.0. The van der Waals surface area contributed by atoms with Crippen molar-refractivity contribution in [1.29, 1.82) is 0 Å². The molecule has 4 aliphatic rings. The Kier molecular flexibility index (Phi) is 11.5. The van der Waals surface area contributed by atoms with Crippen LogP contribution in [0, 0.1) is 23.7 Å². The van der Waals surface area contributed by atoms with Crippen LogP contribution in [0.4, 0.5) is 4.79 Å². The minimum absolute atomic E-state index is 0.0633. The van der Waals surface area contributed by atoms with E-state index in [-0.39, 0.29) is 29.7 Å². The van der Waals surface area contributed by atoms with E-state index in [0.29, 0.717) is 5.56 Å². The molecule has 0 aromatic heterocycles. The van der Waals surface area contributed by atoms with Crippen molar-refractivity contribution in [2.24, 2.45) is 16.7 Å². The second-order valence-electron chi connectivity index (χ2n) is 18.1. The fourth-order valence-electron chi connectivity index (χ4n) is 9.67. The monoisotopic (exact) mass is 821 g/mol. The fourth-order valence-corrected chi connectivity index (χ4v) is 9.67. The van der Waals surface area contributed by atoms with Gasteiger partial charge in [0.1, 0.15) is 35.6 Å². The first-order chi connectivity index (χ1) is 27.4. The van der Waals surface area contributed by atoms with Gasteiger partial charge in [-0.15, -0.1) is 0 Å². The zero-order chi connectivity index (χ0) is 43.6. The van der Waals surface area contributed by atoms with E-state index in [1.165, 1.54) is 26.0 Å². The molecule has 320 valence electrons. The highest BCUT2D eigenvalue weighted by Crippen LogP contribution is 2.64. The smallest absolute Gasteiger partial charge is 0.408 e. The molecule has 2 unspecified atom stereocenters. The lowest BCUT2D eigenvalue weighted by Gasteiger charge is -2.67. The van der Waals surface area contributed by atoms with Gasteiger partial charge in [-0.25, -0.2) is 14.4 Å². The first-order valence-electron chi connectivity index (χ1n) is 19.7. The quantitative estimate of drug-likeness (QED) is 0.146. The Morgan fingerprint density at radius 3 is 2.14 bits per heavy atom. The van der Waals surface area contributed by atoms with Gasteiger partial charge < -0.3 is 49.4 Å². The van der Waals surface area contributed by atoms with Crippen molar-refractivity contribution in [2.45, 2.75) is 135 Å². The van der Waals surface area contributed by atoms with Gasteiger partial charge >= 0.3 is 24.0 Å². The Bertz CT molecular complexity index is 2020. The zero-order valence-electron chi connectivity index (χ0n) is 34.8. The van der Waals surface area contributed by atoms with Gasteiger partial charge in [0.2, 0.25) is 0 Å². The van der Waals surface area contributed by atoms with E-state index >= 15 is 0 Å². The maximum Gasteiger partial charge on any atom is 0.408 e. The van der Waals surface area contributed by atoms with Crippen molar-refractivity contribution in [3.05, 3.63) is 82.4 Å². The number of ketones is 1. The number of carbonyl (C=O) groups excluding carboxylic acids is 5. The van der Waals surface area contributed by atoms with Gasteiger partial charge in [-0.05, 0) is 70.4 Å². The summed E-state index contributed by atoms with van der Waals surface area (Å²) in [5, 5.41) is 51.7. The number of fused-ring (bicyclic) bond motifs is 5. The summed E-state index contributed by atoms with van der Waals surface area (Å²) in [5.74, 6) is -5.36. The molecule has 1 heterocycles. The Morgan fingerprint density at radius 1 is 0.949 bits per heavy atom. The molecule has 2 saturated carbocycles. The number of aliphatic hydroxyl groups is 4. The minimum atomic E-state index is -2.36. The number of aliphatic hydroxyl groups excluding tert-OH is 3. The largest absolute Gasteiger partial charge is 0.456 e. The lowest BCUT2D eigenvalue weighted by Crippen LogP contribution is -2.81. The van der Waals surface area contributed by atoms with Crippen LogP contribution in [0.1, 0.15) is 95.8 Å². The molecule has 2 aromatic rings. The number of aryl methyl sites for hydroxylation is 1. The average Bonchev–Trinajstić information content (AvgIpc) is 3.15. The fraction of sp³-hybridized carbons (Fsp3) is 0.568. The number of nitrogens with one attached hydrogen (secondary N) is 1. The lowest BCUT2D eigenvalue weighted by molar-refractivity contribution is -0.346. The number of rotatable bonds is 8. The molecule has 1 amide bonds. The predicted octanol–water partition coefficient (Wildman–Crippen LogP) is 3.57. The number of ether oxygens (including phenoxy) is 5. The van der Waals surface area contributed by atoms with E-state index in [0.717, 1.165) is 12.5 Å². The lowest BCUT2D eigenvalue weighted by atomic mass is 9.44. The van der Waals surface area contributed by atoms with Crippen molar-refractivity contribution in [2.75, 3.05) is 6.61 Å². The van der Waals surface area contributed by atoms with Gasteiger partial charge in [-0.1, -0.05) is 61.9 Å². The van der Waals surface area contributed by atoms with Crippen LogP contribution >= 0.6 is 0 Å². The number of carbonyl (C=O) groups is 5. The molecule has 3 fully saturated rings. The second-order valence-corrected chi connectivity index (χ2v) is 18.1. The van der Waals surface area contributed by atoms with Crippen molar-refractivity contribution >= 4 is 29.8 Å². The Balaban J connectivity index is 1.49. The van der Waals surface area contributed by atoms with Crippen LogP contribution < -0.4 is 5.32 Å². The summed E-state index contributed by atoms with van der Waals surface area (Å²) < 4.78 is 29.6. The number of amides is 1. The third-order valence-electron chi connectivity index (χ3n) is 12.8. The molecule has 1 aliphatic heterocycles. The molecule has 15 nitrogen and oxygen atoms in total. The van der Waals surface area contributed by atoms with Gasteiger partial charge in [0.15, 0.2) is 17.5 Å². The predicted molar refractivity (Wildman–Crippen MR) is 208 cm³/mol. The van der Waals surface area contributed by atoms with Gasteiger partial charge in [0.25, 0.3) is 0 Å².